The van der Waals surface area contributed by atoms with Crippen LogP contribution in [0.1, 0.15) is 12.7 Å². The zero-order valence-corrected chi connectivity index (χ0v) is 10.2. The summed E-state index contributed by atoms with van der Waals surface area (Å²) in [6.07, 6.45) is 5.29. The average Bonchev–Trinajstić information content (AvgIpc) is 2.86. The van der Waals surface area contributed by atoms with Crippen molar-refractivity contribution >= 4 is 11.6 Å². The van der Waals surface area contributed by atoms with Gasteiger partial charge in [-0.3, -0.25) is 4.98 Å². The Hall–Kier alpha value is -2.18. The van der Waals surface area contributed by atoms with Gasteiger partial charge in [-0.15, -0.1) is 10.2 Å². The molecule has 7 nitrogen and oxygen atoms in total. The van der Waals surface area contributed by atoms with Crippen LogP contribution in [0.15, 0.2) is 18.7 Å². The van der Waals surface area contributed by atoms with E-state index in [0.29, 0.717) is 0 Å². The molecule has 3 heterocycles. The normalized spacial score (nSPS) is 14.4. The molecule has 0 atom stereocenters. The van der Waals surface area contributed by atoms with Crippen LogP contribution in [0.5, 0.6) is 0 Å². The van der Waals surface area contributed by atoms with Crippen LogP contribution in [-0.4, -0.2) is 37.8 Å². The molecule has 2 aromatic rings. The van der Waals surface area contributed by atoms with Gasteiger partial charge in [-0.25, -0.2) is 4.98 Å². The Kier molecular flexibility index (Phi) is 2.79. The molecule has 1 aliphatic rings. The van der Waals surface area contributed by atoms with Crippen molar-refractivity contribution in [3.8, 4) is 0 Å². The third-order valence-electron chi connectivity index (χ3n) is 2.94. The highest BCUT2D eigenvalue weighted by atomic mass is 15.3. The van der Waals surface area contributed by atoms with Crippen LogP contribution in [0, 0.1) is 0 Å². The quantitative estimate of drug-likeness (QED) is 0.850. The number of hydrogen-bond donors (Lipinski definition) is 1. The van der Waals surface area contributed by atoms with Crippen molar-refractivity contribution in [2.24, 2.45) is 0 Å². The maximum Gasteiger partial charge on any atom is 0.152 e. The molecule has 0 amide bonds. The van der Waals surface area contributed by atoms with Crippen LogP contribution in [0.2, 0.25) is 0 Å². The van der Waals surface area contributed by atoms with Crippen LogP contribution in [-0.2, 0) is 13.1 Å². The van der Waals surface area contributed by atoms with E-state index < -0.39 is 0 Å². The lowest BCUT2D eigenvalue weighted by molar-refractivity contribution is 0.555. The Morgan fingerprint density at radius 1 is 1.33 bits per heavy atom. The van der Waals surface area contributed by atoms with Crippen LogP contribution in [0.25, 0.3) is 0 Å². The Balaban J connectivity index is 1.81. The molecule has 0 aliphatic carbocycles. The molecule has 0 spiro atoms. The summed E-state index contributed by atoms with van der Waals surface area (Å²) in [6, 6.07) is 0. The molecule has 0 saturated heterocycles. The number of aromatic nitrogens is 5. The molecule has 3 rings (SSSR count). The topological polar surface area (TPSA) is 71.8 Å². The fourth-order valence-electron chi connectivity index (χ4n) is 2.04. The molecule has 0 fully saturated rings. The van der Waals surface area contributed by atoms with Gasteiger partial charge in [-0.1, -0.05) is 0 Å². The molecule has 7 heteroatoms. The highest BCUT2D eigenvalue weighted by molar-refractivity contribution is 5.44. The summed E-state index contributed by atoms with van der Waals surface area (Å²) in [5, 5.41) is 11.2. The molecule has 0 bridgehead atoms. The monoisotopic (exact) mass is 245 g/mol. The molecule has 1 N–H and O–H groups in total. The molecule has 0 radical (unpaired) electrons. The molecule has 0 aromatic carbocycles. The largest absolute Gasteiger partial charge is 0.369 e. The number of rotatable bonds is 3. The van der Waals surface area contributed by atoms with E-state index in [2.05, 4.69) is 34.9 Å². The van der Waals surface area contributed by atoms with Gasteiger partial charge >= 0.3 is 0 Å². The van der Waals surface area contributed by atoms with E-state index in [4.69, 9.17) is 0 Å². The first-order chi connectivity index (χ1) is 8.86. The van der Waals surface area contributed by atoms with Gasteiger partial charge in [0.05, 0.1) is 18.9 Å². The Labute approximate surface area is 105 Å². The predicted octanol–water partition coefficient (Wildman–Crippen LogP) is 0.520. The summed E-state index contributed by atoms with van der Waals surface area (Å²) in [5.41, 5.74) is 0. The van der Waals surface area contributed by atoms with Crippen LogP contribution in [0.4, 0.5) is 11.6 Å². The summed E-state index contributed by atoms with van der Waals surface area (Å²) in [4.78, 5) is 10.9. The third kappa shape index (κ3) is 1.99. The molecule has 2 aromatic heterocycles. The van der Waals surface area contributed by atoms with Crippen molar-refractivity contribution < 1.29 is 0 Å². The van der Waals surface area contributed by atoms with Crippen molar-refractivity contribution in [3.63, 3.8) is 0 Å². The molecule has 0 unspecified atom stereocenters. The minimum Gasteiger partial charge on any atom is -0.369 e. The Morgan fingerprint density at radius 2 is 2.28 bits per heavy atom. The molecule has 18 heavy (non-hydrogen) atoms. The van der Waals surface area contributed by atoms with E-state index in [1.807, 2.05) is 6.92 Å². The second kappa shape index (κ2) is 4.59. The standard InChI is InChI=1S/C11H15N7/c1-2-13-9-5-12-6-10(15-9)17-3-4-18-8-14-16-11(18)7-17/h5-6,8H,2-4,7H2,1H3,(H,13,15). The highest BCUT2D eigenvalue weighted by Crippen LogP contribution is 2.18. The summed E-state index contributed by atoms with van der Waals surface area (Å²) in [5.74, 6) is 2.65. The average molecular weight is 245 g/mol. The summed E-state index contributed by atoms with van der Waals surface area (Å²) >= 11 is 0. The van der Waals surface area contributed by atoms with Gasteiger partial charge in [-0.2, -0.15) is 0 Å². The molecule has 0 saturated carbocycles. The van der Waals surface area contributed by atoms with E-state index in [9.17, 15) is 0 Å². The smallest absolute Gasteiger partial charge is 0.152 e. The number of fused-ring (bicyclic) bond motifs is 1. The van der Waals surface area contributed by atoms with Crippen LogP contribution >= 0.6 is 0 Å². The fourth-order valence-corrected chi connectivity index (χ4v) is 2.04. The van der Waals surface area contributed by atoms with Crippen molar-refractivity contribution in [3.05, 3.63) is 24.5 Å². The van der Waals surface area contributed by atoms with Gasteiger partial charge in [0.2, 0.25) is 0 Å². The zero-order chi connectivity index (χ0) is 12.4. The lowest BCUT2D eigenvalue weighted by Gasteiger charge is -2.27. The molecular weight excluding hydrogens is 230 g/mol. The molecule has 1 aliphatic heterocycles. The first-order valence-corrected chi connectivity index (χ1v) is 6.04. The van der Waals surface area contributed by atoms with Crippen molar-refractivity contribution in [1.29, 1.82) is 0 Å². The predicted molar refractivity (Wildman–Crippen MR) is 67.3 cm³/mol. The second-order valence-corrected chi connectivity index (χ2v) is 4.15. The summed E-state index contributed by atoms with van der Waals surface area (Å²) in [6.45, 7) is 5.39. The van der Waals surface area contributed by atoms with Crippen LogP contribution in [0.3, 0.4) is 0 Å². The van der Waals surface area contributed by atoms with Crippen molar-refractivity contribution in [2.45, 2.75) is 20.0 Å². The lowest BCUT2D eigenvalue weighted by atomic mass is 10.3. The van der Waals surface area contributed by atoms with Gasteiger partial charge in [0.25, 0.3) is 0 Å². The number of anilines is 2. The fraction of sp³-hybridized carbons (Fsp3) is 0.455. The van der Waals surface area contributed by atoms with Crippen LogP contribution < -0.4 is 10.2 Å². The van der Waals surface area contributed by atoms with E-state index >= 15 is 0 Å². The lowest BCUT2D eigenvalue weighted by Crippen LogP contribution is -2.34. The van der Waals surface area contributed by atoms with Gasteiger partial charge in [-0.05, 0) is 6.92 Å². The molecule has 94 valence electrons. The molecular formula is C11H15N7. The Morgan fingerprint density at radius 3 is 3.17 bits per heavy atom. The SMILES string of the molecule is CCNc1cncc(N2CCn3cnnc3C2)n1. The van der Waals surface area contributed by atoms with Gasteiger partial charge in [0, 0.05) is 19.6 Å². The van der Waals surface area contributed by atoms with Gasteiger partial charge in [0.1, 0.15) is 18.0 Å². The van der Waals surface area contributed by atoms with Crippen molar-refractivity contribution in [2.75, 3.05) is 23.3 Å². The maximum absolute atomic E-state index is 4.54. The first-order valence-electron chi connectivity index (χ1n) is 6.04. The third-order valence-corrected chi connectivity index (χ3v) is 2.94. The summed E-state index contributed by atoms with van der Waals surface area (Å²) < 4.78 is 2.07. The van der Waals surface area contributed by atoms with E-state index in [1.165, 1.54) is 0 Å². The number of nitrogens with zero attached hydrogens (tertiary/aromatic N) is 6. The van der Waals surface area contributed by atoms with Gasteiger partial charge < -0.3 is 14.8 Å². The number of nitrogens with one attached hydrogen (secondary N) is 1. The maximum atomic E-state index is 4.54. The van der Waals surface area contributed by atoms with E-state index in [-0.39, 0.29) is 0 Å². The Bertz CT molecular complexity index is 536. The highest BCUT2D eigenvalue weighted by Gasteiger charge is 2.18. The second-order valence-electron chi connectivity index (χ2n) is 4.15. The van der Waals surface area contributed by atoms with E-state index in [0.717, 1.165) is 43.6 Å². The van der Waals surface area contributed by atoms with E-state index in [1.54, 1.807) is 18.7 Å². The number of hydrogen-bond acceptors (Lipinski definition) is 6. The zero-order valence-electron chi connectivity index (χ0n) is 10.2. The first kappa shape index (κ1) is 10.9. The van der Waals surface area contributed by atoms with Gasteiger partial charge in [0.15, 0.2) is 5.82 Å². The summed E-state index contributed by atoms with van der Waals surface area (Å²) in [7, 11) is 0. The van der Waals surface area contributed by atoms with Crippen molar-refractivity contribution in [1.82, 2.24) is 24.7 Å². The minimum atomic E-state index is 0.726. The minimum absolute atomic E-state index is 0.726.